The minimum atomic E-state index is 0.644. The van der Waals surface area contributed by atoms with Gasteiger partial charge in [-0.3, -0.25) is 0 Å². The average molecular weight is 318 g/mol. The molecule has 1 aliphatic rings. The molecule has 1 aliphatic heterocycles. The first-order chi connectivity index (χ1) is 9.33. The highest BCUT2D eigenvalue weighted by Crippen LogP contribution is 2.21. The summed E-state index contributed by atoms with van der Waals surface area (Å²) >= 11 is 3.43. The fourth-order valence-electron chi connectivity index (χ4n) is 2.44. The summed E-state index contributed by atoms with van der Waals surface area (Å²) in [5.74, 6) is 0.912. The molecule has 1 N–H and O–H groups in total. The molecule has 0 aromatic heterocycles. The molecular formula is C16H16BrNO. The Morgan fingerprint density at radius 1 is 1.11 bits per heavy atom. The normalized spacial score (nSPS) is 13.9. The van der Waals surface area contributed by atoms with Gasteiger partial charge in [0, 0.05) is 11.0 Å². The van der Waals surface area contributed by atoms with Crippen molar-refractivity contribution in [2.24, 2.45) is 0 Å². The molecule has 2 nitrogen and oxygen atoms in total. The molecule has 0 radical (unpaired) electrons. The number of halogens is 1. The lowest BCUT2D eigenvalue weighted by Gasteiger charge is -2.20. The summed E-state index contributed by atoms with van der Waals surface area (Å²) < 4.78 is 6.94. The van der Waals surface area contributed by atoms with Gasteiger partial charge in [0.25, 0.3) is 0 Å². The molecule has 0 aliphatic carbocycles. The lowest BCUT2D eigenvalue weighted by Crippen LogP contribution is -2.24. The summed E-state index contributed by atoms with van der Waals surface area (Å²) in [5, 5.41) is 3.40. The predicted molar refractivity (Wildman–Crippen MR) is 80.3 cm³/mol. The van der Waals surface area contributed by atoms with E-state index in [-0.39, 0.29) is 0 Å². The van der Waals surface area contributed by atoms with Crippen LogP contribution in [-0.4, -0.2) is 6.54 Å². The maximum Gasteiger partial charge on any atom is 0.119 e. The zero-order valence-electron chi connectivity index (χ0n) is 10.7. The zero-order valence-corrected chi connectivity index (χ0v) is 12.2. The third-order valence-electron chi connectivity index (χ3n) is 3.45. The SMILES string of the molecule is Brc1ccc(OCc2cccc3c2CCNC3)cc1. The first-order valence-corrected chi connectivity index (χ1v) is 7.31. The quantitative estimate of drug-likeness (QED) is 0.932. The number of hydrogen-bond acceptors (Lipinski definition) is 2. The van der Waals surface area contributed by atoms with Crippen LogP contribution in [0.15, 0.2) is 46.9 Å². The second kappa shape index (κ2) is 5.76. The van der Waals surface area contributed by atoms with Crippen molar-refractivity contribution in [2.45, 2.75) is 19.6 Å². The fourth-order valence-corrected chi connectivity index (χ4v) is 2.70. The number of nitrogens with one attached hydrogen (secondary N) is 1. The molecule has 0 bridgehead atoms. The second-order valence-corrected chi connectivity index (χ2v) is 5.64. The highest BCUT2D eigenvalue weighted by Gasteiger charge is 2.12. The van der Waals surface area contributed by atoms with Gasteiger partial charge < -0.3 is 10.1 Å². The van der Waals surface area contributed by atoms with Crippen LogP contribution >= 0.6 is 15.9 Å². The Morgan fingerprint density at radius 2 is 1.95 bits per heavy atom. The minimum Gasteiger partial charge on any atom is -0.489 e. The molecule has 2 aromatic carbocycles. The molecule has 19 heavy (non-hydrogen) atoms. The van der Waals surface area contributed by atoms with Crippen molar-refractivity contribution in [3.8, 4) is 5.75 Å². The molecule has 0 saturated carbocycles. The summed E-state index contributed by atoms with van der Waals surface area (Å²) in [5.41, 5.74) is 4.17. The molecular weight excluding hydrogens is 302 g/mol. The molecule has 0 amide bonds. The molecule has 0 spiro atoms. The molecule has 3 rings (SSSR count). The first-order valence-electron chi connectivity index (χ1n) is 6.51. The highest BCUT2D eigenvalue weighted by atomic mass is 79.9. The number of rotatable bonds is 3. The fraction of sp³-hybridized carbons (Fsp3) is 0.250. The van der Waals surface area contributed by atoms with E-state index in [4.69, 9.17) is 4.74 Å². The lowest BCUT2D eigenvalue weighted by atomic mass is 9.96. The van der Waals surface area contributed by atoms with Crippen molar-refractivity contribution in [1.82, 2.24) is 5.32 Å². The molecule has 0 fully saturated rings. The van der Waals surface area contributed by atoms with Crippen LogP contribution < -0.4 is 10.1 Å². The molecule has 3 heteroatoms. The van der Waals surface area contributed by atoms with Gasteiger partial charge in [0.05, 0.1) is 0 Å². The van der Waals surface area contributed by atoms with E-state index >= 15 is 0 Å². The van der Waals surface area contributed by atoms with E-state index in [9.17, 15) is 0 Å². The zero-order chi connectivity index (χ0) is 13.1. The van der Waals surface area contributed by atoms with E-state index in [0.717, 1.165) is 29.7 Å². The summed E-state index contributed by atoms with van der Waals surface area (Å²) in [6, 6.07) is 14.5. The maximum atomic E-state index is 5.87. The Balaban J connectivity index is 1.75. The highest BCUT2D eigenvalue weighted by molar-refractivity contribution is 9.10. The van der Waals surface area contributed by atoms with Crippen LogP contribution in [0.25, 0.3) is 0 Å². The number of benzene rings is 2. The topological polar surface area (TPSA) is 21.3 Å². The lowest BCUT2D eigenvalue weighted by molar-refractivity contribution is 0.304. The second-order valence-electron chi connectivity index (χ2n) is 4.72. The molecule has 2 aromatic rings. The van der Waals surface area contributed by atoms with Gasteiger partial charge >= 0.3 is 0 Å². The van der Waals surface area contributed by atoms with Gasteiger partial charge in [0.1, 0.15) is 12.4 Å². The monoisotopic (exact) mass is 317 g/mol. The van der Waals surface area contributed by atoms with Crippen LogP contribution in [0.5, 0.6) is 5.75 Å². The van der Waals surface area contributed by atoms with Crippen LogP contribution in [0.2, 0.25) is 0 Å². The van der Waals surface area contributed by atoms with E-state index in [1.807, 2.05) is 24.3 Å². The van der Waals surface area contributed by atoms with Crippen LogP contribution in [0, 0.1) is 0 Å². The van der Waals surface area contributed by atoms with Crippen LogP contribution in [0.3, 0.4) is 0 Å². The van der Waals surface area contributed by atoms with Gasteiger partial charge in [-0.25, -0.2) is 0 Å². The number of fused-ring (bicyclic) bond motifs is 1. The summed E-state index contributed by atoms with van der Waals surface area (Å²) in [4.78, 5) is 0. The van der Waals surface area contributed by atoms with Gasteiger partial charge in [-0.1, -0.05) is 34.1 Å². The Kier molecular flexibility index (Phi) is 3.85. The first kappa shape index (κ1) is 12.7. The van der Waals surface area contributed by atoms with E-state index in [1.54, 1.807) is 0 Å². The summed E-state index contributed by atoms with van der Waals surface area (Å²) in [7, 11) is 0. The Labute approximate surface area is 121 Å². The Hall–Kier alpha value is -1.32. The summed E-state index contributed by atoms with van der Waals surface area (Å²) in [6.07, 6.45) is 1.09. The Morgan fingerprint density at radius 3 is 2.79 bits per heavy atom. The molecule has 0 atom stereocenters. The van der Waals surface area contributed by atoms with E-state index in [1.165, 1.54) is 16.7 Å². The van der Waals surface area contributed by atoms with Crippen molar-refractivity contribution in [3.05, 3.63) is 63.6 Å². The van der Waals surface area contributed by atoms with Crippen molar-refractivity contribution >= 4 is 15.9 Å². The van der Waals surface area contributed by atoms with Crippen LogP contribution in [-0.2, 0) is 19.6 Å². The predicted octanol–water partition coefficient (Wildman–Crippen LogP) is 3.67. The number of ether oxygens (including phenoxy) is 1. The average Bonchev–Trinajstić information content (AvgIpc) is 2.47. The number of hydrogen-bond donors (Lipinski definition) is 1. The van der Waals surface area contributed by atoms with Crippen molar-refractivity contribution < 1.29 is 4.74 Å². The molecule has 0 unspecified atom stereocenters. The Bertz CT molecular complexity index is 565. The molecule has 0 saturated heterocycles. The maximum absolute atomic E-state index is 5.87. The van der Waals surface area contributed by atoms with Gasteiger partial charge in [0.15, 0.2) is 0 Å². The van der Waals surface area contributed by atoms with Crippen LogP contribution in [0.1, 0.15) is 16.7 Å². The summed E-state index contributed by atoms with van der Waals surface area (Å²) in [6.45, 7) is 2.68. The third-order valence-corrected chi connectivity index (χ3v) is 3.97. The van der Waals surface area contributed by atoms with E-state index in [2.05, 4.69) is 39.4 Å². The van der Waals surface area contributed by atoms with Gasteiger partial charge in [-0.05, 0) is 53.9 Å². The smallest absolute Gasteiger partial charge is 0.119 e. The van der Waals surface area contributed by atoms with Gasteiger partial charge in [-0.15, -0.1) is 0 Å². The van der Waals surface area contributed by atoms with Gasteiger partial charge in [0.2, 0.25) is 0 Å². The van der Waals surface area contributed by atoms with E-state index in [0.29, 0.717) is 6.61 Å². The van der Waals surface area contributed by atoms with Crippen molar-refractivity contribution in [1.29, 1.82) is 0 Å². The van der Waals surface area contributed by atoms with E-state index < -0.39 is 0 Å². The molecule has 98 valence electrons. The third kappa shape index (κ3) is 2.99. The molecule has 1 heterocycles. The minimum absolute atomic E-state index is 0.644. The van der Waals surface area contributed by atoms with Crippen LogP contribution in [0.4, 0.5) is 0 Å². The van der Waals surface area contributed by atoms with Crippen molar-refractivity contribution in [3.63, 3.8) is 0 Å². The largest absolute Gasteiger partial charge is 0.489 e. The standard InChI is InChI=1S/C16H16BrNO/c17-14-4-6-15(7-5-14)19-11-13-3-1-2-12-10-18-9-8-16(12)13/h1-7,18H,8-11H2. The van der Waals surface area contributed by atoms with Crippen molar-refractivity contribution in [2.75, 3.05) is 6.54 Å². The van der Waals surface area contributed by atoms with Gasteiger partial charge in [-0.2, -0.15) is 0 Å².